The molecular formula is C31H30N2O4. The van der Waals surface area contributed by atoms with Gasteiger partial charge in [-0.1, -0.05) is 18.2 Å². The van der Waals surface area contributed by atoms with E-state index in [9.17, 15) is 4.79 Å². The van der Waals surface area contributed by atoms with Crippen LogP contribution in [-0.2, 0) is 28.4 Å². The summed E-state index contributed by atoms with van der Waals surface area (Å²) in [4.78, 5) is 15.7. The van der Waals surface area contributed by atoms with Gasteiger partial charge in [0, 0.05) is 73.7 Å². The van der Waals surface area contributed by atoms with E-state index in [0.29, 0.717) is 13.2 Å². The Kier molecular flexibility index (Phi) is 5.08. The van der Waals surface area contributed by atoms with Crippen molar-refractivity contribution in [3.8, 4) is 22.6 Å². The second kappa shape index (κ2) is 8.38. The number of carbonyl (C=O) groups is 1. The van der Waals surface area contributed by atoms with Gasteiger partial charge in [-0.25, -0.2) is 0 Å². The van der Waals surface area contributed by atoms with Gasteiger partial charge in [0.1, 0.15) is 23.5 Å². The first-order valence-corrected chi connectivity index (χ1v) is 13.1. The average Bonchev–Trinajstić information content (AvgIpc) is 3.75. The highest BCUT2D eigenvalue weighted by molar-refractivity contribution is 6.13. The standard InChI is InChI=1S/C27H22N2O3.C4H8O/c1-28-10-8-17-12-16(6-7-21(17)28)19-4-3-5-22-25(19)27(26(30)29(22)2)15-32-24-14-23-18(9-11-31-23)13-20(24)27;1-2-4-5-3-1/h3-8,10,12-14H,9,11,15H2,1-2H3;1-4H2. The predicted octanol–water partition coefficient (Wildman–Crippen LogP) is 5.23. The minimum absolute atomic E-state index is 0.0679. The number of fused-ring (bicyclic) bond motifs is 6. The molecule has 3 aromatic carbocycles. The summed E-state index contributed by atoms with van der Waals surface area (Å²) in [6, 6.07) is 19.0. The minimum atomic E-state index is -0.834. The zero-order chi connectivity index (χ0) is 25.1. The molecule has 4 aliphatic rings. The first-order chi connectivity index (χ1) is 18.1. The maximum Gasteiger partial charge on any atom is 0.245 e. The lowest BCUT2D eigenvalue weighted by molar-refractivity contribution is -0.121. The molecule has 37 heavy (non-hydrogen) atoms. The van der Waals surface area contributed by atoms with Crippen molar-refractivity contribution >= 4 is 22.5 Å². The average molecular weight is 495 g/mol. The number of aryl methyl sites for hydroxylation is 1. The lowest BCUT2D eigenvalue weighted by atomic mass is 9.73. The van der Waals surface area contributed by atoms with Gasteiger partial charge in [-0.2, -0.15) is 0 Å². The van der Waals surface area contributed by atoms with Crippen LogP contribution < -0.4 is 14.4 Å². The van der Waals surface area contributed by atoms with Gasteiger partial charge < -0.3 is 23.7 Å². The molecule has 4 aromatic rings. The molecule has 0 N–H and O–H groups in total. The molecule has 8 rings (SSSR count). The monoisotopic (exact) mass is 494 g/mol. The molecule has 0 bridgehead atoms. The highest BCUT2D eigenvalue weighted by Crippen LogP contribution is 2.56. The fourth-order valence-corrected chi connectivity index (χ4v) is 6.28. The summed E-state index contributed by atoms with van der Waals surface area (Å²) in [6.45, 7) is 2.99. The number of ether oxygens (including phenoxy) is 3. The van der Waals surface area contributed by atoms with Crippen molar-refractivity contribution in [2.45, 2.75) is 24.7 Å². The molecule has 6 nitrogen and oxygen atoms in total. The van der Waals surface area contributed by atoms with Gasteiger partial charge in [-0.3, -0.25) is 4.79 Å². The van der Waals surface area contributed by atoms with Crippen LogP contribution in [0.2, 0.25) is 0 Å². The zero-order valence-corrected chi connectivity index (χ0v) is 21.3. The fraction of sp³-hybridized carbons (Fsp3) is 0.323. The fourth-order valence-electron chi connectivity index (χ4n) is 6.28. The number of likely N-dealkylation sites (N-methyl/N-ethyl adjacent to an activating group) is 1. The van der Waals surface area contributed by atoms with E-state index in [1.54, 1.807) is 4.90 Å². The van der Waals surface area contributed by atoms with Crippen molar-refractivity contribution in [3.05, 3.63) is 77.5 Å². The molecule has 1 fully saturated rings. The summed E-state index contributed by atoms with van der Waals surface area (Å²) in [5.74, 6) is 1.70. The molecular weight excluding hydrogens is 464 g/mol. The summed E-state index contributed by atoms with van der Waals surface area (Å²) in [7, 11) is 3.92. The van der Waals surface area contributed by atoms with Gasteiger partial charge in [0.25, 0.3) is 0 Å². The number of nitrogens with zero attached hydrogens (tertiary/aromatic N) is 2. The normalized spacial score (nSPS) is 20.9. The number of benzene rings is 3. The highest BCUT2D eigenvalue weighted by Gasteiger charge is 2.57. The maximum atomic E-state index is 13.9. The van der Waals surface area contributed by atoms with Crippen LogP contribution in [0.3, 0.4) is 0 Å². The summed E-state index contributed by atoms with van der Waals surface area (Å²) in [5.41, 5.74) is 6.66. The number of rotatable bonds is 1. The number of hydrogen-bond donors (Lipinski definition) is 0. The Labute approximate surface area is 216 Å². The number of carbonyl (C=O) groups excluding carboxylic acids is 1. The van der Waals surface area contributed by atoms with Crippen molar-refractivity contribution in [3.63, 3.8) is 0 Å². The van der Waals surface area contributed by atoms with Gasteiger partial charge in [-0.05, 0) is 59.9 Å². The number of amides is 1. The van der Waals surface area contributed by atoms with E-state index in [2.05, 4.69) is 54.2 Å². The summed E-state index contributed by atoms with van der Waals surface area (Å²) >= 11 is 0. The third-order valence-corrected chi connectivity index (χ3v) is 8.22. The van der Waals surface area contributed by atoms with Crippen LogP contribution in [0, 0.1) is 0 Å². The van der Waals surface area contributed by atoms with Crippen molar-refractivity contribution in [2.75, 3.05) is 38.4 Å². The van der Waals surface area contributed by atoms with E-state index >= 15 is 0 Å². The molecule has 0 saturated carbocycles. The minimum Gasteiger partial charge on any atom is -0.493 e. The van der Waals surface area contributed by atoms with E-state index in [4.69, 9.17) is 14.2 Å². The Morgan fingerprint density at radius 2 is 1.76 bits per heavy atom. The molecule has 0 radical (unpaired) electrons. The van der Waals surface area contributed by atoms with Crippen molar-refractivity contribution in [2.24, 2.45) is 7.05 Å². The lowest BCUT2D eigenvalue weighted by Gasteiger charge is -2.24. The number of hydrogen-bond acceptors (Lipinski definition) is 4. The summed E-state index contributed by atoms with van der Waals surface area (Å²) in [5, 5.41) is 1.19. The van der Waals surface area contributed by atoms with Crippen LogP contribution in [-0.4, -0.2) is 43.9 Å². The van der Waals surface area contributed by atoms with Crippen LogP contribution in [0.1, 0.15) is 29.5 Å². The molecule has 1 amide bonds. The smallest absolute Gasteiger partial charge is 0.245 e. The predicted molar refractivity (Wildman–Crippen MR) is 144 cm³/mol. The maximum absolute atomic E-state index is 13.9. The molecule has 6 heteroatoms. The zero-order valence-electron chi connectivity index (χ0n) is 21.3. The second-order valence-corrected chi connectivity index (χ2v) is 10.3. The quantitative estimate of drug-likeness (QED) is 0.364. The number of anilines is 1. The first kappa shape index (κ1) is 22.4. The van der Waals surface area contributed by atoms with E-state index in [0.717, 1.165) is 64.6 Å². The Morgan fingerprint density at radius 1 is 0.892 bits per heavy atom. The van der Waals surface area contributed by atoms with Crippen molar-refractivity contribution < 1.29 is 19.0 Å². The third-order valence-electron chi connectivity index (χ3n) is 8.22. The van der Waals surface area contributed by atoms with Gasteiger partial charge in [-0.15, -0.1) is 0 Å². The topological polar surface area (TPSA) is 52.9 Å². The van der Waals surface area contributed by atoms with Crippen molar-refractivity contribution in [1.82, 2.24) is 4.57 Å². The molecule has 1 unspecified atom stereocenters. The number of aromatic nitrogens is 1. The van der Waals surface area contributed by atoms with E-state index < -0.39 is 5.41 Å². The van der Waals surface area contributed by atoms with Crippen LogP contribution in [0.4, 0.5) is 5.69 Å². The summed E-state index contributed by atoms with van der Waals surface area (Å²) < 4.78 is 19.0. The van der Waals surface area contributed by atoms with Gasteiger partial charge in [0.2, 0.25) is 5.91 Å². The van der Waals surface area contributed by atoms with Gasteiger partial charge >= 0.3 is 0 Å². The lowest BCUT2D eigenvalue weighted by Crippen LogP contribution is -2.41. The highest BCUT2D eigenvalue weighted by atomic mass is 16.5. The van der Waals surface area contributed by atoms with Crippen LogP contribution in [0.15, 0.2) is 60.8 Å². The first-order valence-electron chi connectivity index (χ1n) is 13.1. The molecule has 4 aliphatic heterocycles. The second-order valence-electron chi connectivity index (χ2n) is 10.3. The Balaban J connectivity index is 0.000000417. The van der Waals surface area contributed by atoms with Gasteiger partial charge in [0.05, 0.1) is 6.61 Å². The van der Waals surface area contributed by atoms with Gasteiger partial charge in [0.15, 0.2) is 0 Å². The molecule has 0 aliphatic carbocycles. The molecule has 1 atom stereocenters. The van der Waals surface area contributed by atoms with Crippen molar-refractivity contribution in [1.29, 1.82) is 0 Å². The van der Waals surface area contributed by atoms with Crippen LogP contribution in [0.25, 0.3) is 22.0 Å². The van der Waals surface area contributed by atoms with E-state index in [-0.39, 0.29) is 5.91 Å². The molecule has 1 spiro atoms. The van der Waals surface area contributed by atoms with E-state index in [1.807, 2.05) is 25.2 Å². The summed E-state index contributed by atoms with van der Waals surface area (Å²) in [6.07, 6.45) is 5.49. The third kappa shape index (κ3) is 3.25. The largest absolute Gasteiger partial charge is 0.493 e. The molecule has 1 aromatic heterocycles. The Morgan fingerprint density at radius 3 is 2.57 bits per heavy atom. The van der Waals surface area contributed by atoms with Crippen LogP contribution in [0.5, 0.6) is 11.5 Å². The molecule has 188 valence electrons. The Bertz CT molecular complexity index is 1540. The SMILES string of the molecule is C1CCOC1.CN1C(=O)C2(COc3cc4c(cc32)CCO4)c2c(-c3ccc4c(ccn4C)c3)cccc21. The molecule has 1 saturated heterocycles. The van der Waals surface area contributed by atoms with Crippen LogP contribution >= 0.6 is 0 Å². The Hall–Kier alpha value is -3.77. The van der Waals surface area contributed by atoms with E-state index in [1.165, 1.54) is 23.7 Å². The molecule has 5 heterocycles.